The zero-order valence-electron chi connectivity index (χ0n) is 15.5. The van der Waals surface area contributed by atoms with E-state index < -0.39 is 17.8 Å². The van der Waals surface area contributed by atoms with Crippen molar-refractivity contribution in [1.82, 2.24) is 4.98 Å². The summed E-state index contributed by atoms with van der Waals surface area (Å²) in [5.41, 5.74) is 1.13. The van der Waals surface area contributed by atoms with E-state index in [9.17, 15) is 14.4 Å². The lowest BCUT2D eigenvalue weighted by molar-refractivity contribution is -0.118. The summed E-state index contributed by atoms with van der Waals surface area (Å²) < 4.78 is 0. The Morgan fingerprint density at radius 2 is 1.43 bits per heavy atom. The van der Waals surface area contributed by atoms with Crippen LogP contribution < -0.4 is 10.6 Å². The van der Waals surface area contributed by atoms with Crippen LogP contribution in [0.3, 0.4) is 0 Å². The molecule has 0 spiro atoms. The smallest absolute Gasteiger partial charge is 0.335 e. The molecule has 0 radical (unpaired) electrons. The summed E-state index contributed by atoms with van der Waals surface area (Å²) in [6.07, 6.45) is 2.84. The molecule has 0 saturated carbocycles. The molecule has 8 heteroatoms. The number of carbonyl (C=O) groups excluding carboxylic acids is 2. The second kappa shape index (κ2) is 9.49. The van der Waals surface area contributed by atoms with Gasteiger partial charge in [-0.25, -0.2) is 9.78 Å². The molecule has 0 bridgehead atoms. The van der Waals surface area contributed by atoms with E-state index >= 15 is 0 Å². The van der Waals surface area contributed by atoms with Gasteiger partial charge in [-0.1, -0.05) is 35.9 Å². The number of pyridine rings is 1. The van der Waals surface area contributed by atoms with Gasteiger partial charge in [-0.3, -0.25) is 9.59 Å². The maximum Gasteiger partial charge on any atom is 0.335 e. The molecule has 0 unspecified atom stereocenters. The van der Waals surface area contributed by atoms with E-state index in [1.807, 2.05) is 0 Å². The number of carboxylic acids is 1. The molecule has 0 fully saturated rings. The van der Waals surface area contributed by atoms with Gasteiger partial charge in [0.15, 0.2) is 0 Å². The Morgan fingerprint density at radius 3 is 2.00 bits per heavy atom. The maximum absolute atomic E-state index is 12.9. The van der Waals surface area contributed by atoms with Gasteiger partial charge in [0.25, 0.3) is 11.8 Å². The number of rotatable bonds is 6. The average Bonchev–Trinajstić information content (AvgIpc) is 2.74. The molecule has 0 aliphatic heterocycles. The van der Waals surface area contributed by atoms with Crippen LogP contribution in [0.15, 0.2) is 78.5 Å². The Labute approximate surface area is 177 Å². The molecular weight excluding hydrogens is 406 g/mol. The Kier molecular flexibility index (Phi) is 6.56. The Morgan fingerprint density at radius 1 is 0.833 bits per heavy atom. The van der Waals surface area contributed by atoms with Crippen LogP contribution >= 0.6 is 11.6 Å². The third-order valence-electron chi connectivity index (χ3n) is 4.00. The number of benzene rings is 2. The third kappa shape index (κ3) is 5.30. The van der Waals surface area contributed by atoms with Gasteiger partial charge in [-0.05, 0) is 48.5 Å². The molecule has 0 atom stereocenters. The van der Waals surface area contributed by atoms with Crippen molar-refractivity contribution in [3.05, 3.63) is 94.8 Å². The van der Waals surface area contributed by atoms with Gasteiger partial charge in [-0.2, -0.15) is 0 Å². The zero-order valence-corrected chi connectivity index (χ0v) is 16.3. The fourth-order valence-electron chi connectivity index (χ4n) is 2.51. The van der Waals surface area contributed by atoms with Gasteiger partial charge in [0, 0.05) is 23.1 Å². The molecule has 2 amide bonds. The first-order valence-electron chi connectivity index (χ1n) is 8.77. The van der Waals surface area contributed by atoms with Crippen molar-refractivity contribution >= 4 is 46.8 Å². The van der Waals surface area contributed by atoms with Crippen LogP contribution in [0.4, 0.5) is 11.4 Å². The van der Waals surface area contributed by atoms with Crippen molar-refractivity contribution in [2.75, 3.05) is 10.6 Å². The fraction of sp³-hybridized carbons (Fsp3) is 0. The molecule has 0 saturated heterocycles. The molecule has 1 heterocycles. The van der Waals surface area contributed by atoms with E-state index in [0.717, 1.165) is 0 Å². The molecule has 3 aromatic rings. The highest BCUT2D eigenvalue weighted by molar-refractivity contribution is 6.32. The molecule has 7 nitrogen and oxygen atoms in total. The number of nitrogens with one attached hydrogen (secondary N) is 2. The van der Waals surface area contributed by atoms with Gasteiger partial charge >= 0.3 is 5.97 Å². The minimum absolute atomic E-state index is 0.0766. The molecule has 2 aromatic carbocycles. The number of para-hydroxylation sites is 1. The van der Waals surface area contributed by atoms with Gasteiger partial charge in [-0.15, -0.1) is 0 Å². The van der Waals surface area contributed by atoms with E-state index in [1.165, 1.54) is 36.5 Å². The van der Waals surface area contributed by atoms with Gasteiger partial charge < -0.3 is 15.7 Å². The van der Waals surface area contributed by atoms with Crippen molar-refractivity contribution in [3.63, 3.8) is 0 Å². The summed E-state index contributed by atoms with van der Waals surface area (Å²) in [5, 5.41) is 14.4. The number of hydrogen-bond acceptors (Lipinski definition) is 4. The number of halogens is 1. The molecule has 3 rings (SSSR count). The van der Waals surface area contributed by atoms with E-state index in [4.69, 9.17) is 16.7 Å². The second-order valence-corrected chi connectivity index (χ2v) is 6.46. The zero-order chi connectivity index (χ0) is 21.5. The molecule has 0 aliphatic carbocycles. The number of aromatic nitrogens is 1. The van der Waals surface area contributed by atoms with Crippen LogP contribution in [0.1, 0.15) is 15.9 Å². The molecular formula is C22H16ClN3O4. The van der Waals surface area contributed by atoms with Crippen molar-refractivity contribution in [2.45, 2.75) is 0 Å². The number of carboxylic acid groups (broad SMARTS) is 1. The predicted octanol–water partition coefficient (Wildman–Crippen LogP) is 4.09. The minimum Gasteiger partial charge on any atom is -0.478 e. The standard InChI is InChI=1S/C22H16ClN3O4/c23-19-15(5-4-12-24-19)13-18(20(27)25-16-6-2-1-3-7-16)21(28)26-17-10-8-14(9-11-17)22(29)30/h1-13H,(H,25,27)(H,26,28)(H,29,30)/b18-13+. The number of hydrogen-bond donors (Lipinski definition) is 3. The quantitative estimate of drug-likeness (QED) is 0.240. The van der Waals surface area contributed by atoms with Crippen molar-refractivity contribution in [1.29, 1.82) is 0 Å². The SMILES string of the molecule is O=C(Nc1ccccc1)/C(=C\c1cccnc1Cl)C(=O)Nc1ccc(C(=O)O)cc1. The lowest BCUT2D eigenvalue weighted by Gasteiger charge is -2.11. The van der Waals surface area contributed by atoms with Crippen LogP contribution in [0.5, 0.6) is 0 Å². The summed E-state index contributed by atoms with van der Waals surface area (Å²) in [5.74, 6) is -2.41. The maximum atomic E-state index is 12.9. The van der Waals surface area contributed by atoms with Gasteiger partial charge in [0.05, 0.1) is 5.56 Å². The van der Waals surface area contributed by atoms with Crippen LogP contribution in [0.2, 0.25) is 5.15 Å². The molecule has 0 aliphatic rings. The summed E-state index contributed by atoms with van der Waals surface area (Å²) in [4.78, 5) is 40.6. The highest BCUT2D eigenvalue weighted by Gasteiger charge is 2.20. The van der Waals surface area contributed by atoms with Crippen molar-refractivity contribution in [2.24, 2.45) is 0 Å². The Hall–Kier alpha value is -3.97. The summed E-state index contributed by atoms with van der Waals surface area (Å²) >= 11 is 6.07. The van der Waals surface area contributed by atoms with Crippen molar-refractivity contribution < 1.29 is 19.5 Å². The lowest BCUT2D eigenvalue weighted by Crippen LogP contribution is -2.25. The van der Waals surface area contributed by atoms with Gasteiger partial charge in [0.1, 0.15) is 10.7 Å². The molecule has 30 heavy (non-hydrogen) atoms. The molecule has 150 valence electrons. The minimum atomic E-state index is -1.08. The number of nitrogens with zero attached hydrogens (tertiary/aromatic N) is 1. The van der Waals surface area contributed by atoms with Crippen LogP contribution in [-0.4, -0.2) is 27.9 Å². The summed E-state index contributed by atoms with van der Waals surface area (Å²) in [7, 11) is 0. The number of anilines is 2. The summed E-state index contributed by atoms with van der Waals surface area (Å²) in [6, 6.07) is 17.5. The van der Waals surface area contributed by atoms with E-state index in [1.54, 1.807) is 42.5 Å². The molecule has 1 aromatic heterocycles. The Balaban J connectivity index is 1.89. The topological polar surface area (TPSA) is 108 Å². The van der Waals surface area contributed by atoms with Gasteiger partial charge in [0.2, 0.25) is 0 Å². The summed E-state index contributed by atoms with van der Waals surface area (Å²) in [6.45, 7) is 0. The predicted molar refractivity (Wildman–Crippen MR) is 114 cm³/mol. The second-order valence-electron chi connectivity index (χ2n) is 6.10. The van der Waals surface area contributed by atoms with E-state index in [2.05, 4.69) is 15.6 Å². The fourth-order valence-corrected chi connectivity index (χ4v) is 2.68. The molecule has 3 N–H and O–H groups in total. The van der Waals surface area contributed by atoms with Crippen LogP contribution in [-0.2, 0) is 9.59 Å². The highest BCUT2D eigenvalue weighted by atomic mass is 35.5. The largest absolute Gasteiger partial charge is 0.478 e. The third-order valence-corrected chi connectivity index (χ3v) is 4.31. The normalized spacial score (nSPS) is 10.9. The average molecular weight is 422 g/mol. The Bertz CT molecular complexity index is 1110. The number of aromatic carboxylic acids is 1. The van der Waals surface area contributed by atoms with E-state index in [0.29, 0.717) is 16.9 Å². The first-order valence-corrected chi connectivity index (χ1v) is 9.15. The monoisotopic (exact) mass is 421 g/mol. The number of carbonyl (C=O) groups is 3. The first kappa shape index (κ1) is 20.8. The lowest BCUT2D eigenvalue weighted by atomic mass is 10.1. The number of amides is 2. The van der Waals surface area contributed by atoms with E-state index in [-0.39, 0.29) is 16.3 Å². The van der Waals surface area contributed by atoms with Crippen molar-refractivity contribution in [3.8, 4) is 0 Å². The highest BCUT2D eigenvalue weighted by Crippen LogP contribution is 2.19. The van der Waals surface area contributed by atoms with Crippen LogP contribution in [0, 0.1) is 0 Å². The van der Waals surface area contributed by atoms with Crippen LogP contribution in [0.25, 0.3) is 6.08 Å². The first-order chi connectivity index (χ1) is 14.4.